The van der Waals surface area contributed by atoms with E-state index in [0.29, 0.717) is 12.0 Å². The van der Waals surface area contributed by atoms with Gasteiger partial charge in [-0.25, -0.2) is 0 Å². The molecule has 3 atom stereocenters. The van der Waals surface area contributed by atoms with Crippen molar-refractivity contribution in [3.05, 3.63) is 0 Å². The maximum absolute atomic E-state index is 5.62. The third kappa shape index (κ3) is 2.17. The monoisotopic (exact) mass is 158 g/mol. The van der Waals surface area contributed by atoms with Gasteiger partial charge in [0.15, 0.2) is 6.29 Å². The number of hydrogen-bond acceptors (Lipinski definition) is 2. The van der Waals surface area contributed by atoms with E-state index in [1.807, 2.05) is 6.92 Å². The molecule has 0 bridgehead atoms. The molecule has 1 aliphatic heterocycles. The zero-order valence-corrected chi connectivity index (χ0v) is 7.67. The van der Waals surface area contributed by atoms with E-state index in [9.17, 15) is 0 Å². The van der Waals surface area contributed by atoms with Gasteiger partial charge in [0.1, 0.15) is 0 Å². The summed E-state index contributed by atoms with van der Waals surface area (Å²) in [4.78, 5) is 0. The summed E-state index contributed by atoms with van der Waals surface area (Å²) in [5.74, 6) is 0.608. The van der Waals surface area contributed by atoms with Crippen LogP contribution in [0.3, 0.4) is 0 Å². The summed E-state index contributed by atoms with van der Waals surface area (Å²) in [6.07, 6.45) is 2.68. The number of hydrogen-bond donors (Lipinski definition) is 0. The van der Waals surface area contributed by atoms with Crippen LogP contribution < -0.4 is 0 Å². The highest BCUT2D eigenvalue weighted by molar-refractivity contribution is 4.71. The van der Waals surface area contributed by atoms with Crippen molar-refractivity contribution in [1.29, 1.82) is 0 Å². The van der Waals surface area contributed by atoms with E-state index >= 15 is 0 Å². The average molecular weight is 158 g/mol. The number of ether oxygens (including phenoxy) is 2. The molecule has 0 aromatic rings. The molecular weight excluding hydrogens is 140 g/mol. The summed E-state index contributed by atoms with van der Waals surface area (Å²) in [7, 11) is 0. The zero-order valence-electron chi connectivity index (χ0n) is 7.67. The molecule has 0 saturated carbocycles. The standard InChI is InChI=1S/C9H18O2/c1-4-8-6-10-7(3)11-9(8)5-2/h7-9H,4-6H2,1-3H3/t7?,8-,9-/m0/s1. The van der Waals surface area contributed by atoms with E-state index in [1.54, 1.807) is 0 Å². The Labute approximate surface area is 68.9 Å². The first-order valence-electron chi connectivity index (χ1n) is 4.55. The minimum absolute atomic E-state index is 0.00255. The molecule has 11 heavy (non-hydrogen) atoms. The van der Waals surface area contributed by atoms with Gasteiger partial charge in [-0.2, -0.15) is 0 Å². The zero-order chi connectivity index (χ0) is 8.27. The van der Waals surface area contributed by atoms with Crippen LogP contribution in [-0.4, -0.2) is 19.0 Å². The minimum Gasteiger partial charge on any atom is -0.353 e. The third-order valence-electron chi connectivity index (χ3n) is 2.36. The maximum Gasteiger partial charge on any atom is 0.155 e. The molecule has 1 rings (SSSR count). The maximum atomic E-state index is 5.62. The van der Waals surface area contributed by atoms with Gasteiger partial charge in [0.05, 0.1) is 12.7 Å². The van der Waals surface area contributed by atoms with Crippen LogP contribution in [0.4, 0.5) is 0 Å². The molecule has 0 amide bonds. The second-order valence-corrected chi connectivity index (χ2v) is 3.15. The quantitative estimate of drug-likeness (QED) is 0.613. The Morgan fingerprint density at radius 1 is 1.27 bits per heavy atom. The average Bonchev–Trinajstić information content (AvgIpc) is 2.04. The summed E-state index contributed by atoms with van der Waals surface area (Å²) in [6.45, 7) is 7.20. The Morgan fingerprint density at radius 3 is 2.55 bits per heavy atom. The van der Waals surface area contributed by atoms with E-state index in [-0.39, 0.29) is 6.29 Å². The van der Waals surface area contributed by atoms with Gasteiger partial charge in [-0.05, 0) is 19.8 Å². The van der Waals surface area contributed by atoms with Crippen LogP contribution in [-0.2, 0) is 9.47 Å². The van der Waals surface area contributed by atoms with Crippen LogP contribution in [0.5, 0.6) is 0 Å². The van der Waals surface area contributed by atoms with Crippen molar-refractivity contribution in [2.45, 2.75) is 46.0 Å². The second-order valence-electron chi connectivity index (χ2n) is 3.15. The van der Waals surface area contributed by atoms with Crippen molar-refractivity contribution >= 4 is 0 Å². The molecule has 0 N–H and O–H groups in total. The largest absolute Gasteiger partial charge is 0.353 e. The summed E-state index contributed by atoms with van der Waals surface area (Å²) < 4.78 is 11.0. The van der Waals surface area contributed by atoms with Gasteiger partial charge in [0, 0.05) is 5.92 Å². The lowest BCUT2D eigenvalue weighted by atomic mass is 9.97. The van der Waals surface area contributed by atoms with Gasteiger partial charge in [-0.3, -0.25) is 0 Å². The van der Waals surface area contributed by atoms with Gasteiger partial charge in [0.25, 0.3) is 0 Å². The highest BCUT2D eigenvalue weighted by Crippen LogP contribution is 2.23. The topological polar surface area (TPSA) is 18.5 Å². The Hall–Kier alpha value is -0.0800. The van der Waals surface area contributed by atoms with E-state index < -0.39 is 0 Å². The van der Waals surface area contributed by atoms with Gasteiger partial charge >= 0.3 is 0 Å². The fraction of sp³-hybridized carbons (Fsp3) is 1.00. The van der Waals surface area contributed by atoms with Gasteiger partial charge in [0.2, 0.25) is 0 Å². The van der Waals surface area contributed by atoms with Crippen LogP contribution >= 0.6 is 0 Å². The highest BCUT2D eigenvalue weighted by atomic mass is 16.7. The number of rotatable bonds is 2. The molecule has 1 aliphatic rings. The molecule has 0 aromatic carbocycles. The fourth-order valence-electron chi connectivity index (χ4n) is 1.57. The van der Waals surface area contributed by atoms with Crippen molar-refractivity contribution in [1.82, 2.24) is 0 Å². The first-order valence-corrected chi connectivity index (χ1v) is 4.55. The van der Waals surface area contributed by atoms with Crippen LogP contribution in [0.1, 0.15) is 33.6 Å². The van der Waals surface area contributed by atoms with Gasteiger partial charge in [-0.1, -0.05) is 13.8 Å². The van der Waals surface area contributed by atoms with Crippen molar-refractivity contribution in [2.24, 2.45) is 5.92 Å². The normalized spacial score (nSPS) is 39.0. The second kappa shape index (κ2) is 4.07. The molecule has 1 heterocycles. The first kappa shape index (κ1) is 9.01. The van der Waals surface area contributed by atoms with Crippen LogP contribution in [0.25, 0.3) is 0 Å². The third-order valence-corrected chi connectivity index (χ3v) is 2.36. The van der Waals surface area contributed by atoms with Crippen LogP contribution in [0.15, 0.2) is 0 Å². The lowest BCUT2D eigenvalue weighted by Gasteiger charge is -2.34. The van der Waals surface area contributed by atoms with Gasteiger partial charge < -0.3 is 9.47 Å². The highest BCUT2D eigenvalue weighted by Gasteiger charge is 2.26. The Bertz CT molecular complexity index is 114. The lowest BCUT2D eigenvalue weighted by Crippen LogP contribution is -2.37. The fourth-order valence-corrected chi connectivity index (χ4v) is 1.57. The molecule has 1 saturated heterocycles. The molecule has 1 unspecified atom stereocenters. The predicted octanol–water partition coefficient (Wildman–Crippen LogP) is 2.18. The molecule has 0 radical (unpaired) electrons. The molecule has 2 heteroatoms. The van der Waals surface area contributed by atoms with Crippen molar-refractivity contribution in [3.8, 4) is 0 Å². The summed E-state index contributed by atoms with van der Waals surface area (Å²) >= 11 is 0. The van der Waals surface area contributed by atoms with E-state index in [2.05, 4.69) is 13.8 Å². The van der Waals surface area contributed by atoms with E-state index in [1.165, 1.54) is 0 Å². The van der Waals surface area contributed by atoms with Gasteiger partial charge in [-0.15, -0.1) is 0 Å². The molecule has 66 valence electrons. The van der Waals surface area contributed by atoms with Crippen molar-refractivity contribution in [2.75, 3.05) is 6.61 Å². The van der Waals surface area contributed by atoms with Crippen LogP contribution in [0, 0.1) is 5.92 Å². The summed E-state index contributed by atoms with van der Waals surface area (Å²) in [5, 5.41) is 0. The van der Waals surface area contributed by atoms with Crippen LogP contribution in [0.2, 0.25) is 0 Å². The molecule has 0 spiro atoms. The van der Waals surface area contributed by atoms with E-state index in [4.69, 9.17) is 9.47 Å². The van der Waals surface area contributed by atoms with Crippen molar-refractivity contribution < 1.29 is 9.47 Å². The first-order chi connectivity index (χ1) is 5.27. The van der Waals surface area contributed by atoms with Crippen molar-refractivity contribution in [3.63, 3.8) is 0 Å². The minimum atomic E-state index is 0.00255. The smallest absolute Gasteiger partial charge is 0.155 e. The molecule has 0 aromatic heterocycles. The predicted molar refractivity (Wildman–Crippen MR) is 44.4 cm³/mol. The SMILES string of the molecule is CC[C@H]1COC(C)O[C@H]1CC. The lowest BCUT2D eigenvalue weighted by molar-refractivity contribution is -0.228. The Kier molecular flexibility index (Phi) is 3.34. The molecule has 2 nitrogen and oxygen atoms in total. The molecular formula is C9H18O2. The van der Waals surface area contributed by atoms with E-state index in [0.717, 1.165) is 19.4 Å². The summed E-state index contributed by atoms with van der Waals surface area (Å²) in [5.41, 5.74) is 0. The molecule has 1 fully saturated rings. The Morgan fingerprint density at radius 2 is 2.00 bits per heavy atom. The summed E-state index contributed by atoms with van der Waals surface area (Å²) in [6, 6.07) is 0. The Balaban J connectivity index is 2.41. The molecule has 0 aliphatic carbocycles.